The fourth-order valence-electron chi connectivity index (χ4n) is 5.91. The van der Waals surface area contributed by atoms with E-state index in [1.165, 1.54) is 19.3 Å². The molecule has 1 aliphatic carbocycles. The number of fused-ring (bicyclic) bond motifs is 1. The second-order valence-electron chi connectivity index (χ2n) is 10.2. The molecule has 2 saturated heterocycles. The molecule has 2 amide bonds. The quantitative estimate of drug-likeness (QED) is 0.668. The van der Waals surface area contributed by atoms with E-state index >= 15 is 0 Å². The topological polar surface area (TPSA) is 53.1 Å². The molecule has 178 valence electrons. The van der Waals surface area contributed by atoms with E-state index in [0.29, 0.717) is 17.4 Å². The summed E-state index contributed by atoms with van der Waals surface area (Å²) < 4.78 is 6.07. The third-order valence-electron chi connectivity index (χ3n) is 8.15. The van der Waals surface area contributed by atoms with Crippen molar-refractivity contribution >= 4 is 11.8 Å². The third-order valence-corrected chi connectivity index (χ3v) is 8.15. The van der Waals surface area contributed by atoms with Gasteiger partial charge < -0.3 is 14.5 Å². The van der Waals surface area contributed by atoms with Gasteiger partial charge in [-0.25, -0.2) is 0 Å². The summed E-state index contributed by atoms with van der Waals surface area (Å²) in [5.41, 5.74) is 2.58. The molecule has 0 aromatic heterocycles. The Hall–Kier alpha value is -2.86. The van der Waals surface area contributed by atoms with Crippen LogP contribution < -0.4 is 4.74 Å². The number of benzene rings is 2. The first-order chi connectivity index (χ1) is 16.7. The zero-order valence-electron chi connectivity index (χ0n) is 19.7. The molecule has 0 unspecified atom stereocenters. The molecule has 2 aromatic carbocycles. The maximum Gasteiger partial charge on any atom is 0.254 e. The van der Waals surface area contributed by atoms with Crippen molar-refractivity contribution in [3.63, 3.8) is 0 Å². The summed E-state index contributed by atoms with van der Waals surface area (Å²) in [5.74, 6) is 1.69. The smallest absolute Gasteiger partial charge is 0.254 e. The SMILES string of the molecule is O=C(c1ccc(Oc2ccc3c(c2)CCN([C@@H]2CCN(C4CCC4)C2)C3=O)cc1)N1CCCC1. The molecule has 0 spiro atoms. The Morgan fingerprint density at radius 3 is 2.32 bits per heavy atom. The van der Waals surface area contributed by atoms with Crippen LogP contribution in [-0.2, 0) is 6.42 Å². The van der Waals surface area contributed by atoms with Crippen molar-refractivity contribution in [3.8, 4) is 11.5 Å². The zero-order valence-corrected chi connectivity index (χ0v) is 19.7. The molecule has 2 aromatic rings. The highest BCUT2D eigenvalue weighted by Crippen LogP contribution is 2.32. The maximum absolute atomic E-state index is 13.3. The number of ether oxygens (including phenoxy) is 1. The molecule has 3 fully saturated rings. The molecule has 3 aliphatic heterocycles. The second kappa shape index (κ2) is 9.06. The summed E-state index contributed by atoms with van der Waals surface area (Å²) in [6, 6.07) is 14.3. The van der Waals surface area contributed by atoms with Gasteiger partial charge in [0.05, 0.1) is 0 Å². The van der Waals surface area contributed by atoms with Crippen LogP contribution in [0, 0.1) is 0 Å². The van der Waals surface area contributed by atoms with Gasteiger partial charge in [-0.2, -0.15) is 0 Å². The Kier molecular flexibility index (Phi) is 5.77. The average molecular weight is 460 g/mol. The highest BCUT2D eigenvalue weighted by atomic mass is 16.5. The number of hydrogen-bond donors (Lipinski definition) is 0. The molecule has 3 heterocycles. The van der Waals surface area contributed by atoms with Gasteiger partial charge in [0.1, 0.15) is 11.5 Å². The molecule has 0 bridgehead atoms. The Morgan fingerprint density at radius 1 is 0.824 bits per heavy atom. The van der Waals surface area contributed by atoms with E-state index in [0.717, 1.165) is 81.3 Å². The summed E-state index contributed by atoms with van der Waals surface area (Å²) in [6.07, 6.45) is 8.13. The minimum Gasteiger partial charge on any atom is -0.457 e. The van der Waals surface area contributed by atoms with Gasteiger partial charge in [0.2, 0.25) is 0 Å². The van der Waals surface area contributed by atoms with Crippen molar-refractivity contribution in [2.45, 2.75) is 57.0 Å². The van der Waals surface area contributed by atoms with Crippen LogP contribution in [0.3, 0.4) is 0 Å². The number of nitrogens with zero attached hydrogens (tertiary/aromatic N) is 3. The van der Waals surface area contributed by atoms with E-state index in [1.807, 2.05) is 47.4 Å². The second-order valence-corrected chi connectivity index (χ2v) is 10.2. The Morgan fingerprint density at radius 2 is 1.59 bits per heavy atom. The predicted octanol–water partition coefficient (Wildman–Crippen LogP) is 4.34. The lowest BCUT2D eigenvalue weighted by Gasteiger charge is -2.37. The molecular weight excluding hydrogens is 426 g/mol. The maximum atomic E-state index is 13.3. The van der Waals surface area contributed by atoms with Gasteiger partial charge in [0.15, 0.2) is 0 Å². The van der Waals surface area contributed by atoms with Crippen LogP contribution in [0.5, 0.6) is 11.5 Å². The molecular formula is C28H33N3O3. The van der Waals surface area contributed by atoms with E-state index in [4.69, 9.17) is 4.74 Å². The average Bonchev–Trinajstić information content (AvgIpc) is 3.51. The number of carbonyl (C=O) groups is 2. The molecule has 1 atom stereocenters. The highest BCUT2D eigenvalue weighted by molar-refractivity contribution is 5.97. The van der Waals surface area contributed by atoms with Crippen molar-refractivity contribution in [1.29, 1.82) is 0 Å². The largest absolute Gasteiger partial charge is 0.457 e. The summed E-state index contributed by atoms with van der Waals surface area (Å²) in [6.45, 7) is 4.64. The van der Waals surface area contributed by atoms with Gasteiger partial charge in [0.25, 0.3) is 11.8 Å². The van der Waals surface area contributed by atoms with Crippen molar-refractivity contribution in [2.24, 2.45) is 0 Å². The van der Waals surface area contributed by atoms with E-state index in [1.54, 1.807) is 0 Å². The number of hydrogen-bond acceptors (Lipinski definition) is 4. The first kappa shape index (κ1) is 21.7. The van der Waals surface area contributed by atoms with Crippen molar-refractivity contribution in [1.82, 2.24) is 14.7 Å². The normalized spacial score (nSPS) is 23.2. The fourth-order valence-corrected chi connectivity index (χ4v) is 5.91. The van der Waals surface area contributed by atoms with Crippen molar-refractivity contribution in [2.75, 3.05) is 32.7 Å². The Bertz CT molecular complexity index is 1070. The van der Waals surface area contributed by atoms with Crippen LogP contribution in [0.15, 0.2) is 42.5 Å². The monoisotopic (exact) mass is 459 g/mol. The number of rotatable bonds is 5. The van der Waals surface area contributed by atoms with Gasteiger partial charge in [-0.3, -0.25) is 14.5 Å². The Labute approximate surface area is 201 Å². The fraction of sp³-hybridized carbons (Fsp3) is 0.500. The van der Waals surface area contributed by atoms with Crippen LogP contribution in [0.25, 0.3) is 0 Å². The molecule has 4 aliphatic rings. The lowest BCUT2D eigenvalue weighted by Crippen LogP contribution is -2.47. The molecule has 0 N–H and O–H groups in total. The standard InChI is InChI=1S/C28H33N3O3/c32-27(29-14-1-2-15-29)20-6-8-24(9-7-20)34-25-10-11-26-21(18-25)12-17-31(28(26)33)23-13-16-30(19-23)22-4-3-5-22/h6-11,18,22-23H,1-5,12-17,19H2/t23-/m1/s1. The summed E-state index contributed by atoms with van der Waals surface area (Å²) in [7, 11) is 0. The lowest BCUT2D eigenvalue weighted by molar-refractivity contribution is 0.0646. The summed E-state index contributed by atoms with van der Waals surface area (Å²) in [4.78, 5) is 32.4. The molecule has 6 heteroatoms. The zero-order chi connectivity index (χ0) is 23.1. The third kappa shape index (κ3) is 4.09. The van der Waals surface area contributed by atoms with Crippen LogP contribution >= 0.6 is 0 Å². The molecule has 1 saturated carbocycles. The van der Waals surface area contributed by atoms with E-state index in [-0.39, 0.29) is 11.8 Å². The van der Waals surface area contributed by atoms with Gasteiger partial charge in [0, 0.05) is 55.9 Å². The van der Waals surface area contributed by atoms with Gasteiger partial charge in [-0.05, 0) is 86.6 Å². The van der Waals surface area contributed by atoms with Gasteiger partial charge in [-0.1, -0.05) is 6.42 Å². The first-order valence-corrected chi connectivity index (χ1v) is 12.9. The highest BCUT2D eigenvalue weighted by Gasteiger charge is 2.37. The molecule has 34 heavy (non-hydrogen) atoms. The van der Waals surface area contributed by atoms with Crippen LogP contribution in [-0.4, -0.2) is 71.3 Å². The number of likely N-dealkylation sites (tertiary alicyclic amines) is 2. The van der Waals surface area contributed by atoms with E-state index < -0.39 is 0 Å². The van der Waals surface area contributed by atoms with E-state index in [2.05, 4.69) is 9.80 Å². The van der Waals surface area contributed by atoms with Crippen LogP contribution in [0.1, 0.15) is 64.8 Å². The molecule has 6 nitrogen and oxygen atoms in total. The van der Waals surface area contributed by atoms with E-state index in [9.17, 15) is 9.59 Å². The van der Waals surface area contributed by atoms with Gasteiger partial charge >= 0.3 is 0 Å². The predicted molar refractivity (Wildman–Crippen MR) is 130 cm³/mol. The number of amides is 2. The summed E-state index contributed by atoms with van der Waals surface area (Å²) >= 11 is 0. The summed E-state index contributed by atoms with van der Waals surface area (Å²) in [5, 5.41) is 0. The lowest BCUT2D eigenvalue weighted by atomic mass is 9.92. The van der Waals surface area contributed by atoms with Crippen LogP contribution in [0.4, 0.5) is 0 Å². The van der Waals surface area contributed by atoms with Crippen molar-refractivity contribution in [3.05, 3.63) is 59.2 Å². The number of carbonyl (C=O) groups excluding carboxylic acids is 2. The van der Waals surface area contributed by atoms with Gasteiger partial charge in [-0.15, -0.1) is 0 Å². The minimum atomic E-state index is 0.0963. The Balaban J connectivity index is 1.10. The first-order valence-electron chi connectivity index (χ1n) is 12.9. The minimum absolute atomic E-state index is 0.0963. The van der Waals surface area contributed by atoms with Crippen LogP contribution in [0.2, 0.25) is 0 Å². The van der Waals surface area contributed by atoms with Crippen molar-refractivity contribution < 1.29 is 14.3 Å². The molecule has 6 rings (SSSR count). The molecule has 0 radical (unpaired) electrons.